The van der Waals surface area contributed by atoms with Crippen molar-refractivity contribution in [1.29, 1.82) is 0 Å². The third-order valence-electron chi connectivity index (χ3n) is 2.28. The molecular formula is C12H8Cl2O4. The van der Waals surface area contributed by atoms with Crippen LogP contribution in [-0.2, 0) is 4.74 Å². The molecule has 6 heteroatoms. The summed E-state index contributed by atoms with van der Waals surface area (Å²) in [4.78, 5) is 23.3. The van der Waals surface area contributed by atoms with Crippen LogP contribution in [0.3, 0.4) is 0 Å². The Bertz CT molecular complexity index is 676. The summed E-state index contributed by atoms with van der Waals surface area (Å²) in [5, 5.41) is 0.807. The van der Waals surface area contributed by atoms with E-state index in [9.17, 15) is 9.59 Å². The normalized spacial score (nSPS) is 10.6. The summed E-state index contributed by atoms with van der Waals surface area (Å²) in [5.41, 5.74) is -0.871. The zero-order valence-electron chi connectivity index (χ0n) is 9.33. The standard InChI is InChI=1S/C12H8Cl2O4/c1-2-17-11(15)9-10(14)7-5-6(13)3-4-8(7)18-12(9)16/h3-5H,2H2,1H3. The third-order valence-corrected chi connectivity index (χ3v) is 2.91. The topological polar surface area (TPSA) is 56.5 Å². The number of benzene rings is 1. The van der Waals surface area contributed by atoms with Crippen molar-refractivity contribution in [3.8, 4) is 0 Å². The highest BCUT2D eigenvalue weighted by atomic mass is 35.5. The van der Waals surface area contributed by atoms with E-state index in [1.807, 2.05) is 0 Å². The van der Waals surface area contributed by atoms with E-state index in [0.717, 1.165) is 0 Å². The Morgan fingerprint density at radius 1 is 1.39 bits per heavy atom. The quantitative estimate of drug-likeness (QED) is 0.628. The summed E-state index contributed by atoms with van der Waals surface area (Å²) in [6, 6.07) is 4.60. The second-order valence-corrected chi connectivity index (χ2v) is 4.25. The molecule has 0 aliphatic carbocycles. The summed E-state index contributed by atoms with van der Waals surface area (Å²) in [7, 11) is 0. The van der Waals surface area contributed by atoms with E-state index in [0.29, 0.717) is 10.4 Å². The molecule has 18 heavy (non-hydrogen) atoms. The maximum Gasteiger partial charge on any atom is 0.352 e. The monoisotopic (exact) mass is 286 g/mol. The fourth-order valence-electron chi connectivity index (χ4n) is 1.51. The molecule has 94 valence electrons. The highest BCUT2D eigenvalue weighted by Crippen LogP contribution is 2.27. The lowest BCUT2D eigenvalue weighted by Gasteiger charge is -2.05. The lowest BCUT2D eigenvalue weighted by molar-refractivity contribution is 0.0522. The number of fused-ring (bicyclic) bond motifs is 1. The Kier molecular flexibility index (Phi) is 3.59. The van der Waals surface area contributed by atoms with E-state index in [-0.39, 0.29) is 22.8 Å². The van der Waals surface area contributed by atoms with Crippen LogP contribution in [0.2, 0.25) is 10.0 Å². The fraction of sp³-hybridized carbons (Fsp3) is 0.167. The molecule has 2 aromatic rings. The minimum absolute atomic E-state index is 0.0119. The smallest absolute Gasteiger partial charge is 0.352 e. The molecule has 0 spiro atoms. The zero-order valence-corrected chi connectivity index (χ0v) is 10.8. The highest BCUT2D eigenvalue weighted by molar-refractivity contribution is 6.39. The van der Waals surface area contributed by atoms with Crippen molar-refractivity contribution < 1.29 is 13.9 Å². The van der Waals surface area contributed by atoms with Gasteiger partial charge < -0.3 is 9.15 Å². The van der Waals surface area contributed by atoms with Crippen LogP contribution in [-0.4, -0.2) is 12.6 Å². The molecule has 0 aliphatic heterocycles. The SMILES string of the molecule is CCOC(=O)c1c(Cl)c2cc(Cl)ccc2oc1=O. The fourth-order valence-corrected chi connectivity index (χ4v) is 1.99. The van der Waals surface area contributed by atoms with Gasteiger partial charge in [-0.2, -0.15) is 0 Å². The molecule has 0 saturated heterocycles. The molecule has 1 heterocycles. The van der Waals surface area contributed by atoms with Crippen LogP contribution in [0.5, 0.6) is 0 Å². The van der Waals surface area contributed by atoms with E-state index in [4.69, 9.17) is 32.4 Å². The van der Waals surface area contributed by atoms with Gasteiger partial charge in [-0.1, -0.05) is 23.2 Å². The number of esters is 1. The summed E-state index contributed by atoms with van der Waals surface area (Å²) >= 11 is 11.9. The van der Waals surface area contributed by atoms with Crippen molar-refractivity contribution in [2.24, 2.45) is 0 Å². The molecule has 0 atom stereocenters. The maximum absolute atomic E-state index is 11.7. The summed E-state index contributed by atoms with van der Waals surface area (Å²) in [6.07, 6.45) is 0. The second-order valence-electron chi connectivity index (χ2n) is 3.44. The Morgan fingerprint density at radius 3 is 2.78 bits per heavy atom. The van der Waals surface area contributed by atoms with Gasteiger partial charge in [0.15, 0.2) is 5.56 Å². The largest absolute Gasteiger partial charge is 0.462 e. The van der Waals surface area contributed by atoms with Crippen molar-refractivity contribution >= 4 is 40.1 Å². The number of hydrogen-bond donors (Lipinski definition) is 0. The molecule has 0 bridgehead atoms. The first-order chi connectivity index (χ1) is 8.54. The number of carbonyl (C=O) groups is 1. The average molecular weight is 287 g/mol. The molecule has 0 N–H and O–H groups in total. The van der Waals surface area contributed by atoms with Gasteiger partial charge in [0, 0.05) is 10.4 Å². The van der Waals surface area contributed by atoms with Crippen LogP contribution in [0, 0.1) is 0 Å². The Labute approximate surface area is 112 Å². The molecule has 2 rings (SSSR count). The molecule has 4 nitrogen and oxygen atoms in total. The van der Waals surface area contributed by atoms with Gasteiger partial charge in [0.25, 0.3) is 0 Å². The van der Waals surface area contributed by atoms with Gasteiger partial charge in [0.2, 0.25) is 0 Å². The molecule has 1 aromatic carbocycles. The first kappa shape index (κ1) is 12.9. The lowest BCUT2D eigenvalue weighted by Crippen LogP contribution is -2.17. The molecule has 1 aromatic heterocycles. The molecule has 0 unspecified atom stereocenters. The lowest BCUT2D eigenvalue weighted by atomic mass is 10.2. The van der Waals surface area contributed by atoms with Crippen molar-refractivity contribution in [2.75, 3.05) is 6.61 Å². The third kappa shape index (κ3) is 2.21. The van der Waals surface area contributed by atoms with Crippen molar-refractivity contribution in [3.63, 3.8) is 0 Å². The molecule has 0 fully saturated rings. The van der Waals surface area contributed by atoms with E-state index < -0.39 is 11.6 Å². The minimum Gasteiger partial charge on any atom is -0.462 e. The Hall–Kier alpha value is -1.52. The number of rotatable bonds is 2. The zero-order chi connectivity index (χ0) is 13.3. The number of hydrogen-bond acceptors (Lipinski definition) is 4. The van der Waals surface area contributed by atoms with Gasteiger partial charge in [0.1, 0.15) is 5.58 Å². The van der Waals surface area contributed by atoms with Crippen LogP contribution < -0.4 is 5.63 Å². The predicted octanol–water partition coefficient (Wildman–Crippen LogP) is 3.28. The first-order valence-corrected chi connectivity index (χ1v) is 5.89. The number of halogens is 2. The molecule has 0 amide bonds. The molecule has 0 aliphatic rings. The highest BCUT2D eigenvalue weighted by Gasteiger charge is 2.21. The van der Waals surface area contributed by atoms with E-state index in [1.165, 1.54) is 12.1 Å². The van der Waals surface area contributed by atoms with Gasteiger partial charge in [-0.25, -0.2) is 9.59 Å². The van der Waals surface area contributed by atoms with Gasteiger partial charge >= 0.3 is 11.6 Å². The average Bonchev–Trinajstić information content (AvgIpc) is 2.31. The number of ether oxygens (including phenoxy) is 1. The maximum atomic E-state index is 11.7. The molecular weight excluding hydrogens is 279 g/mol. The van der Waals surface area contributed by atoms with Crippen LogP contribution in [0.15, 0.2) is 27.4 Å². The predicted molar refractivity (Wildman–Crippen MR) is 68.5 cm³/mol. The van der Waals surface area contributed by atoms with Gasteiger partial charge in [0.05, 0.1) is 11.6 Å². The van der Waals surface area contributed by atoms with Gasteiger partial charge in [-0.15, -0.1) is 0 Å². The van der Waals surface area contributed by atoms with Crippen LogP contribution in [0.25, 0.3) is 11.0 Å². The van der Waals surface area contributed by atoms with E-state index >= 15 is 0 Å². The van der Waals surface area contributed by atoms with Crippen molar-refractivity contribution in [1.82, 2.24) is 0 Å². The van der Waals surface area contributed by atoms with Crippen molar-refractivity contribution in [3.05, 3.63) is 44.2 Å². The minimum atomic E-state index is -0.826. The Balaban J connectivity index is 2.75. The van der Waals surface area contributed by atoms with Crippen LogP contribution in [0.1, 0.15) is 17.3 Å². The van der Waals surface area contributed by atoms with Crippen molar-refractivity contribution in [2.45, 2.75) is 6.92 Å². The van der Waals surface area contributed by atoms with Gasteiger partial charge in [-0.3, -0.25) is 0 Å². The van der Waals surface area contributed by atoms with Crippen LogP contribution in [0.4, 0.5) is 0 Å². The summed E-state index contributed by atoms with van der Waals surface area (Å²) in [6.45, 7) is 1.77. The van der Waals surface area contributed by atoms with Crippen LogP contribution >= 0.6 is 23.2 Å². The second kappa shape index (κ2) is 5.00. The number of carbonyl (C=O) groups excluding carboxylic acids is 1. The van der Waals surface area contributed by atoms with E-state index in [1.54, 1.807) is 13.0 Å². The first-order valence-electron chi connectivity index (χ1n) is 5.13. The van der Waals surface area contributed by atoms with E-state index in [2.05, 4.69) is 0 Å². The Morgan fingerprint density at radius 2 is 2.11 bits per heavy atom. The summed E-state index contributed by atoms with van der Waals surface area (Å²) in [5.74, 6) is -0.807. The van der Waals surface area contributed by atoms with Gasteiger partial charge in [-0.05, 0) is 25.1 Å². The molecule has 0 saturated carbocycles. The molecule has 0 radical (unpaired) electrons. The summed E-state index contributed by atoms with van der Waals surface area (Å²) < 4.78 is 9.75.